The van der Waals surface area contributed by atoms with Gasteiger partial charge in [-0.15, -0.1) is 11.8 Å². The number of nitrogens with one attached hydrogen (secondary N) is 1. The zero-order valence-electron chi connectivity index (χ0n) is 13.3. The Morgan fingerprint density at radius 3 is 2.54 bits per heavy atom. The van der Waals surface area contributed by atoms with Crippen LogP contribution in [-0.2, 0) is 20.9 Å². The van der Waals surface area contributed by atoms with E-state index in [4.69, 9.17) is 16.3 Å². The molecular weight excluding hydrogens is 346 g/mol. The zero-order chi connectivity index (χ0) is 17.4. The number of amides is 1. The van der Waals surface area contributed by atoms with E-state index < -0.39 is 5.97 Å². The normalized spacial score (nSPS) is 10.2. The second-order valence-electron chi connectivity index (χ2n) is 5.12. The Kier molecular flexibility index (Phi) is 7.15. The van der Waals surface area contributed by atoms with Crippen molar-refractivity contribution in [2.45, 2.75) is 18.4 Å². The third kappa shape index (κ3) is 6.26. The van der Waals surface area contributed by atoms with Crippen LogP contribution >= 0.6 is 23.4 Å². The first kappa shape index (κ1) is 18.4. The first-order valence-corrected chi connectivity index (χ1v) is 8.76. The minimum Gasteiger partial charge on any atom is -0.455 e. The molecule has 24 heavy (non-hydrogen) atoms. The molecule has 0 saturated heterocycles. The van der Waals surface area contributed by atoms with Crippen molar-refractivity contribution in [3.8, 4) is 0 Å². The van der Waals surface area contributed by atoms with Crippen LogP contribution in [0.15, 0.2) is 53.4 Å². The molecule has 4 nitrogen and oxygen atoms in total. The zero-order valence-corrected chi connectivity index (χ0v) is 14.8. The van der Waals surface area contributed by atoms with E-state index in [0.29, 0.717) is 11.6 Å². The molecule has 0 aliphatic rings. The number of hydrogen-bond donors (Lipinski definition) is 1. The third-order valence-electron chi connectivity index (χ3n) is 3.21. The average molecular weight is 364 g/mol. The van der Waals surface area contributed by atoms with Crippen molar-refractivity contribution in [3.63, 3.8) is 0 Å². The molecule has 6 heteroatoms. The second kappa shape index (κ2) is 9.35. The number of halogens is 1. The number of ether oxygens (including phenoxy) is 1. The van der Waals surface area contributed by atoms with Crippen LogP contribution in [0.3, 0.4) is 0 Å². The van der Waals surface area contributed by atoms with Gasteiger partial charge in [0.1, 0.15) is 0 Å². The predicted octanol–water partition coefficient (Wildman–Crippen LogP) is 3.60. The van der Waals surface area contributed by atoms with Gasteiger partial charge in [-0.05, 0) is 36.2 Å². The molecule has 0 aliphatic heterocycles. The predicted molar refractivity (Wildman–Crippen MR) is 96.2 cm³/mol. The molecule has 0 aliphatic carbocycles. The van der Waals surface area contributed by atoms with Crippen molar-refractivity contribution in [1.29, 1.82) is 0 Å². The summed E-state index contributed by atoms with van der Waals surface area (Å²) in [6, 6.07) is 15.0. The van der Waals surface area contributed by atoms with Gasteiger partial charge in [0.2, 0.25) is 0 Å². The number of rotatable bonds is 7. The van der Waals surface area contributed by atoms with Crippen LogP contribution in [0.2, 0.25) is 5.02 Å². The fourth-order valence-electron chi connectivity index (χ4n) is 1.90. The lowest BCUT2D eigenvalue weighted by atomic mass is 10.2. The summed E-state index contributed by atoms with van der Waals surface area (Å²) in [7, 11) is 0. The van der Waals surface area contributed by atoms with Gasteiger partial charge in [0.25, 0.3) is 5.91 Å². The van der Waals surface area contributed by atoms with Crippen molar-refractivity contribution in [1.82, 2.24) is 5.32 Å². The van der Waals surface area contributed by atoms with Crippen LogP contribution in [-0.4, -0.2) is 24.2 Å². The van der Waals surface area contributed by atoms with Crippen molar-refractivity contribution < 1.29 is 14.3 Å². The Balaban J connectivity index is 1.66. The van der Waals surface area contributed by atoms with E-state index in [1.165, 1.54) is 11.8 Å². The van der Waals surface area contributed by atoms with E-state index in [0.717, 1.165) is 16.0 Å². The number of carbonyl (C=O) groups excluding carboxylic acids is 2. The summed E-state index contributed by atoms with van der Waals surface area (Å²) >= 11 is 7.20. The van der Waals surface area contributed by atoms with Crippen LogP contribution in [0, 0.1) is 6.92 Å². The van der Waals surface area contributed by atoms with E-state index in [1.54, 1.807) is 12.1 Å². The molecule has 1 amide bonds. The largest absolute Gasteiger partial charge is 0.455 e. The van der Waals surface area contributed by atoms with Crippen molar-refractivity contribution in [2.75, 3.05) is 12.4 Å². The highest BCUT2D eigenvalue weighted by molar-refractivity contribution is 8.00. The minimum atomic E-state index is -0.412. The van der Waals surface area contributed by atoms with Crippen molar-refractivity contribution in [2.24, 2.45) is 0 Å². The highest BCUT2D eigenvalue weighted by Gasteiger charge is 2.09. The lowest BCUT2D eigenvalue weighted by Crippen LogP contribution is -2.28. The maximum Gasteiger partial charge on any atom is 0.316 e. The standard InChI is InChI=1S/C18H18ClNO3S/c1-13-4-2-3-5-16(13)24-12-18(22)23-11-17(21)20-10-14-6-8-15(19)9-7-14/h2-9H,10-12H2,1H3,(H,20,21). The maximum absolute atomic E-state index is 11.7. The van der Waals surface area contributed by atoms with Gasteiger partial charge in [0.15, 0.2) is 6.61 Å². The van der Waals surface area contributed by atoms with Gasteiger partial charge >= 0.3 is 5.97 Å². The summed E-state index contributed by atoms with van der Waals surface area (Å²) in [5.74, 6) is -0.570. The van der Waals surface area contributed by atoms with Gasteiger partial charge in [-0.1, -0.05) is 41.9 Å². The molecule has 2 aromatic rings. The molecular formula is C18H18ClNO3S. The molecule has 0 radical (unpaired) electrons. The number of carbonyl (C=O) groups is 2. The molecule has 1 N–H and O–H groups in total. The Morgan fingerprint density at radius 2 is 1.83 bits per heavy atom. The van der Waals surface area contributed by atoms with Crippen LogP contribution in [0.5, 0.6) is 0 Å². The van der Waals surface area contributed by atoms with Crippen LogP contribution in [0.4, 0.5) is 0 Å². The Labute approximate surface area is 150 Å². The lowest BCUT2D eigenvalue weighted by Gasteiger charge is -2.07. The van der Waals surface area contributed by atoms with Gasteiger partial charge in [0, 0.05) is 16.5 Å². The van der Waals surface area contributed by atoms with E-state index in [1.807, 2.05) is 43.3 Å². The summed E-state index contributed by atoms with van der Waals surface area (Å²) < 4.78 is 4.98. The smallest absolute Gasteiger partial charge is 0.316 e. The fraction of sp³-hybridized carbons (Fsp3) is 0.222. The van der Waals surface area contributed by atoms with Crippen LogP contribution in [0.25, 0.3) is 0 Å². The number of thioether (sulfide) groups is 1. The monoisotopic (exact) mass is 363 g/mol. The fourth-order valence-corrected chi connectivity index (χ4v) is 2.85. The number of esters is 1. The van der Waals surface area contributed by atoms with E-state index in [9.17, 15) is 9.59 Å². The Bertz CT molecular complexity index is 704. The molecule has 126 valence electrons. The topological polar surface area (TPSA) is 55.4 Å². The lowest BCUT2D eigenvalue weighted by molar-refractivity contribution is -0.145. The van der Waals surface area contributed by atoms with Crippen LogP contribution in [0.1, 0.15) is 11.1 Å². The van der Waals surface area contributed by atoms with Gasteiger partial charge in [0.05, 0.1) is 5.75 Å². The SMILES string of the molecule is Cc1ccccc1SCC(=O)OCC(=O)NCc1ccc(Cl)cc1. The first-order valence-electron chi connectivity index (χ1n) is 7.40. The van der Waals surface area contributed by atoms with Crippen molar-refractivity contribution >= 4 is 35.2 Å². The van der Waals surface area contributed by atoms with E-state index in [2.05, 4.69) is 5.32 Å². The third-order valence-corrected chi connectivity index (χ3v) is 4.61. The van der Waals surface area contributed by atoms with Crippen molar-refractivity contribution in [3.05, 3.63) is 64.7 Å². The first-order chi connectivity index (χ1) is 11.5. The molecule has 0 saturated carbocycles. The summed E-state index contributed by atoms with van der Waals surface area (Å²) in [5.41, 5.74) is 2.03. The molecule has 2 aromatic carbocycles. The minimum absolute atomic E-state index is 0.176. The quantitative estimate of drug-likeness (QED) is 0.603. The molecule has 0 unspecified atom stereocenters. The summed E-state index contributed by atoms with van der Waals surface area (Å²) in [4.78, 5) is 24.4. The van der Waals surface area contributed by atoms with Gasteiger partial charge in [-0.2, -0.15) is 0 Å². The molecule has 0 fully saturated rings. The van der Waals surface area contributed by atoms with E-state index >= 15 is 0 Å². The number of aryl methyl sites for hydroxylation is 1. The van der Waals surface area contributed by atoms with E-state index in [-0.39, 0.29) is 18.3 Å². The highest BCUT2D eigenvalue weighted by atomic mass is 35.5. The number of benzene rings is 2. The molecule has 0 aromatic heterocycles. The summed E-state index contributed by atoms with van der Waals surface area (Å²) in [5, 5.41) is 3.33. The molecule has 0 atom stereocenters. The van der Waals surface area contributed by atoms with Gasteiger partial charge in [-0.25, -0.2) is 0 Å². The molecule has 0 spiro atoms. The highest BCUT2D eigenvalue weighted by Crippen LogP contribution is 2.21. The maximum atomic E-state index is 11.7. The Morgan fingerprint density at radius 1 is 1.12 bits per heavy atom. The summed E-state index contributed by atoms with van der Waals surface area (Å²) in [6.45, 7) is 2.07. The summed E-state index contributed by atoms with van der Waals surface area (Å²) in [6.07, 6.45) is 0. The Hall–Kier alpha value is -1.98. The van der Waals surface area contributed by atoms with Crippen LogP contribution < -0.4 is 5.32 Å². The van der Waals surface area contributed by atoms with Gasteiger partial charge in [-0.3, -0.25) is 9.59 Å². The molecule has 0 bridgehead atoms. The second-order valence-corrected chi connectivity index (χ2v) is 6.57. The number of hydrogen-bond acceptors (Lipinski definition) is 4. The average Bonchev–Trinajstić information content (AvgIpc) is 2.58. The molecule has 2 rings (SSSR count). The van der Waals surface area contributed by atoms with Gasteiger partial charge < -0.3 is 10.1 Å². The molecule has 0 heterocycles.